The summed E-state index contributed by atoms with van der Waals surface area (Å²) >= 11 is 0. The standard InChI is InChI=1S/C15H27NO/c1-16-15(17)14(11-13-7-4-8-13)10-9-12-5-2-3-6-12/h12-14H,2-11H2,1H3,(H,16,17). The predicted molar refractivity (Wildman–Crippen MR) is 70.7 cm³/mol. The van der Waals surface area contributed by atoms with Crippen molar-refractivity contribution in [2.75, 3.05) is 7.05 Å². The molecule has 0 saturated heterocycles. The third-order valence-corrected chi connectivity index (χ3v) is 4.86. The highest BCUT2D eigenvalue weighted by atomic mass is 16.1. The average molecular weight is 237 g/mol. The van der Waals surface area contributed by atoms with Crippen molar-refractivity contribution < 1.29 is 4.79 Å². The van der Waals surface area contributed by atoms with Crippen LogP contribution in [0.5, 0.6) is 0 Å². The molecule has 2 aliphatic rings. The first-order valence-electron chi connectivity index (χ1n) is 7.51. The van der Waals surface area contributed by atoms with Gasteiger partial charge in [0, 0.05) is 13.0 Å². The van der Waals surface area contributed by atoms with E-state index in [1.807, 2.05) is 0 Å². The largest absolute Gasteiger partial charge is 0.359 e. The minimum atomic E-state index is 0.287. The van der Waals surface area contributed by atoms with Crippen molar-refractivity contribution in [3.63, 3.8) is 0 Å². The Morgan fingerprint density at radius 1 is 1.12 bits per heavy atom. The molecule has 2 fully saturated rings. The normalized spacial score (nSPS) is 23.4. The van der Waals surface area contributed by atoms with Gasteiger partial charge in [-0.05, 0) is 31.1 Å². The Hall–Kier alpha value is -0.530. The molecule has 0 heterocycles. The number of carbonyl (C=O) groups is 1. The molecule has 2 heteroatoms. The summed E-state index contributed by atoms with van der Waals surface area (Å²) < 4.78 is 0. The maximum Gasteiger partial charge on any atom is 0.222 e. The molecule has 0 bridgehead atoms. The molecule has 1 amide bonds. The molecular weight excluding hydrogens is 210 g/mol. The van der Waals surface area contributed by atoms with Crippen LogP contribution in [0.15, 0.2) is 0 Å². The second-order valence-corrected chi connectivity index (χ2v) is 6.07. The van der Waals surface area contributed by atoms with E-state index in [0.717, 1.165) is 24.7 Å². The number of hydrogen-bond donors (Lipinski definition) is 1. The zero-order valence-electron chi connectivity index (χ0n) is 11.2. The molecule has 2 rings (SSSR count). The number of nitrogens with one attached hydrogen (secondary N) is 1. The average Bonchev–Trinajstić information content (AvgIpc) is 2.79. The highest BCUT2D eigenvalue weighted by Crippen LogP contribution is 2.35. The Kier molecular flexibility index (Phi) is 4.87. The van der Waals surface area contributed by atoms with Gasteiger partial charge in [-0.15, -0.1) is 0 Å². The minimum absolute atomic E-state index is 0.287. The van der Waals surface area contributed by atoms with Crippen molar-refractivity contribution in [1.82, 2.24) is 5.32 Å². The summed E-state index contributed by atoms with van der Waals surface area (Å²) in [4.78, 5) is 11.9. The summed E-state index contributed by atoms with van der Waals surface area (Å²) in [6.07, 6.45) is 13.3. The molecule has 98 valence electrons. The van der Waals surface area contributed by atoms with Gasteiger partial charge in [0.05, 0.1) is 0 Å². The van der Waals surface area contributed by atoms with Crippen molar-refractivity contribution in [3.8, 4) is 0 Å². The minimum Gasteiger partial charge on any atom is -0.359 e. The van der Waals surface area contributed by atoms with Gasteiger partial charge in [0.1, 0.15) is 0 Å². The Morgan fingerprint density at radius 3 is 2.29 bits per heavy atom. The number of hydrogen-bond acceptors (Lipinski definition) is 1. The number of amides is 1. The van der Waals surface area contributed by atoms with E-state index in [4.69, 9.17) is 0 Å². The molecule has 2 aliphatic carbocycles. The third-order valence-electron chi connectivity index (χ3n) is 4.86. The lowest BCUT2D eigenvalue weighted by molar-refractivity contribution is -0.125. The molecular formula is C15H27NO. The summed E-state index contributed by atoms with van der Waals surface area (Å²) in [7, 11) is 1.78. The quantitative estimate of drug-likeness (QED) is 0.752. The van der Waals surface area contributed by atoms with Gasteiger partial charge >= 0.3 is 0 Å². The summed E-state index contributed by atoms with van der Waals surface area (Å²) in [6.45, 7) is 0. The van der Waals surface area contributed by atoms with E-state index in [-0.39, 0.29) is 5.91 Å². The lowest BCUT2D eigenvalue weighted by Crippen LogP contribution is -2.30. The van der Waals surface area contributed by atoms with E-state index >= 15 is 0 Å². The fourth-order valence-corrected chi connectivity index (χ4v) is 3.43. The van der Waals surface area contributed by atoms with Crippen molar-refractivity contribution in [2.24, 2.45) is 17.8 Å². The van der Waals surface area contributed by atoms with E-state index < -0.39 is 0 Å². The highest BCUT2D eigenvalue weighted by Gasteiger charge is 2.27. The number of rotatable bonds is 6. The van der Waals surface area contributed by atoms with Gasteiger partial charge in [0.25, 0.3) is 0 Å². The zero-order valence-corrected chi connectivity index (χ0v) is 11.2. The van der Waals surface area contributed by atoms with E-state index in [0.29, 0.717) is 5.92 Å². The Labute approximate surface area is 106 Å². The van der Waals surface area contributed by atoms with Crippen LogP contribution < -0.4 is 5.32 Å². The number of carbonyl (C=O) groups excluding carboxylic acids is 1. The Bertz CT molecular complexity index is 241. The molecule has 1 N–H and O–H groups in total. The molecule has 2 saturated carbocycles. The molecule has 1 unspecified atom stereocenters. The second kappa shape index (κ2) is 6.42. The van der Waals surface area contributed by atoms with E-state index in [1.54, 1.807) is 7.05 Å². The van der Waals surface area contributed by atoms with Gasteiger partial charge in [0.2, 0.25) is 5.91 Å². The van der Waals surface area contributed by atoms with Crippen molar-refractivity contribution in [3.05, 3.63) is 0 Å². The first-order valence-corrected chi connectivity index (χ1v) is 7.51. The molecule has 0 spiro atoms. The van der Waals surface area contributed by atoms with Crippen LogP contribution in [0, 0.1) is 17.8 Å². The highest BCUT2D eigenvalue weighted by molar-refractivity contribution is 5.78. The van der Waals surface area contributed by atoms with Gasteiger partial charge < -0.3 is 5.32 Å². The monoisotopic (exact) mass is 237 g/mol. The lowest BCUT2D eigenvalue weighted by Gasteiger charge is -2.29. The first kappa shape index (κ1) is 12.9. The molecule has 0 aromatic heterocycles. The van der Waals surface area contributed by atoms with E-state index in [1.165, 1.54) is 51.4 Å². The van der Waals surface area contributed by atoms with Crippen molar-refractivity contribution in [1.29, 1.82) is 0 Å². The van der Waals surface area contributed by atoms with E-state index in [9.17, 15) is 4.79 Å². The smallest absolute Gasteiger partial charge is 0.222 e. The molecule has 1 atom stereocenters. The second-order valence-electron chi connectivity index (χ2n) is 6.07. The van der Waals surface area contributed by atoms with Gasteiger partial charge in [-0.1, -0.05) is 44.9 Å². The summed E-state index contributed by atoms with van der Waals surface area (Å²) in [5, 5.41) is 2.86. The Morgan fingerprint density at radius 2 is 1.76 bits per heavy atom. The van der Waals surface area contributed by atoms with Crippen LogP contribution in [0.3, 0.4) is 0 Å². The van der Waals surface area contributed by atoms with E-state index in [2.05, 4.69) is 5.32 Å². The van der Waals surface area contributed by atoms with Gasteiger partial charge in [0.15, 0.2) is 0 Å². The van der Waals surface area contributed by atoms with Crippen LogP contribution in [-0.2, 0) is 4.79 Å². The van der Waals surface area contributed by atoms with Crippen LogP contribution in [-0.4, -0.2) is 13.0 Å². The van der Waals surface area contributed by atoms with Crippen LogP contribution in [0.25, 0.3) is 0 Å². The summed E-state index contributed by atoms with van der Waals surface area (Å²) in [5.74, 6) is 2.35. The molecule has 0 radical (unpaired) electrons. The van der Waals surface area contributed by atoms with Crippen molar-refractivity contribution >= 4 is 5.91 Å². The summed E-state index contributed by atoms with van der Waals surface area (Å²) in [6, 6.07) is 0. The predicted octanol–water partition coefficient (Wildman–Crippen LogP) is 3.51. The van der Waals surface area contributed by atoms with Crippen LogP contribution in [0.4, 0.5) is 0 Å². The Balaban J connectivity index is 1.74. The zero-order chi connectivity index (χ0) is 12.1. The van der Waals surface area contributed by atoms with Crippen LogP contribution >= 0.6 is 0 Å². The topological polar surface area (TPSA) is 29.1 Å². The molecule has 0 aliphatic heterocycles. The fourth-order valence-electron chi connectivity index (χ4n) is 3.43. The lowest BCUT2D eigenvalue weighted by atomic mass is 9.77. The van der Waals surface area contributed by atoms with Gasteiger partial charge in [-0.3, -0.25) is 4.79 Å². The SMILES string of the molecule is CNC(=O)C(CCC1CCCC1)CC1CCC1. The van der Waals surface area contributed by atoms with Crippen LogP contribution in [0.2, 0.25) is 0 Å². The molecule has 17 heavy (non-hydrogen) atoms. The molecule has 0 aromatic rings. The maximum atomic E-state index is 11.9. The first-order chi connectivity index (χ1) is 8.29. The third kappa shape index (κ3) is 3.72. The fraction of sp³-hybridized carbons (Fsp3) is 0.933. The molecule has 0 aromatic carbocycles. The molecule has 2 nitrogen and oxygen atoms in total. The summed E-state index contributed by atoms with van der Waals surface area (Å²) in [5.41, 5.74) is 0. The van der Waals surface area contributed by atoms with Crippen LogP contribution in [0.1, 0.15) is 64.2 Å². The van der Waals surface area contributed by atoms with Gasteiger partial charge in [-0.2, -0.15) is 0 Å². The van der Waals surface area contributed by atoms with Crippen molar-refractivity contribution in [2.45, 2.75) is 64.2 Å². The van der Waals surface area contributed by atoms with Gasteiger partial charge in [-0.25, -0.2) is 0 Å². The maximum absolute atomic E-state index is 11.9.